The Bertz CT molecular complexity index is 437. The maximum absolute atomic E-state index is 11.6. The number of rotatable bonds is 7. The van der Waals surface area contributed by atoms with E-state index in [4.69, 9.17) is 4.74 Å². The van der Waals surface area contributed by atoms with Crippen molar-refractivity contribution in [3.8, 4) is 0 Å². The van der Waals surface area contributed by atoms with E-state index in [2.05, 4.69) is 27.1 Å². The smallest absolute Gasteiger partial charge is 0.407 e. The van der Waals surface area contributed by atoms with Gasteiger partial charge in [0.15, 0.2) is 0 Å². The van der Waals surface area contributed by atoms with Gasteiger partial charge in [0, 0.05) is 25.3 Å². The fraction of sp³-hybridized carbons (Fsp3) is 0.733. The van der Waals surface area contributed by atoms with Crippen molar-refractivity contribution in [3.05, 3.63) is 18.2 Å². The number of carbonyl (C=O) groups excluding carboxylic acids is 1. The Kier molecular flexibility index (Phi) is 6.68. The van der Waals surface area contributed by atoms with Gasteiger partial charge in [-0.2, -0.15) is 0 Å². The largest absolute Gasteiger partial charge is 0.444 e. The van der Waals surface area contributed by atoms with Crippen LogP contribution in [0.25, 0.3) is 0 Å². The van der Waals surface area contributed by atoms with Crippen molar-refractivity contribution in [3.63, 3.8) is 0 Å². The SMILES string of the molecule is CCn1cncc1CNCCC(C)NC(=O)OC(C)(C)C. The predicted molar refractivity (Wildman–Crippen MR) is 83.1 cm³/mol. The van der Waals surface area contributed by atoms with Crippen molar-refractivity contribution >= 4 is 6.09 Å². The number of nitrogens with zero attached hydrogens (tertiary/aromatic N) is 2. The van der Waals surface area contributed by atoms with Crippen LogP contribution in [0.5, 0.6) is 0 Å². The molecule has 0 fully saturated rings. The summed E-state index contributed by atoms with van der Waals surface area (Å²) < 4.78 is 7.33. The summed E-state index contributed by atoms with van der Waals surface area (Å²) in [7, 11) is 0. The van der Waals surface area contributed by atoms with E-state index >= 15 is 0 Å². The van der Waals surface area contributed by atoms with Gasteiger partial charge in [-0.25, -0.2) is 9.78 Å². The first-order valence-electron chi connectivity index (χ1n) is 7.51. The highest BCUT2D eigenvalue weighted by Crippen LogP contribution is 2.07. The molecule has 2 N–H and O–H groups in total. The maximum atomic E-state index is 11.6. The monoisotopic (exact) mass is 296 g/mol. The summed E-state index contributed by atoms with van der Waals surface area (Å²) >= 11 is 0. The molecule has 0 saturated carbocycles. The fourth-order valence-corrected chi connectivity index (χ4v) is 1.90. The van der Waals surface area contributed by atoms with Gasteiger partial charge < -0.3 is 19.9 Å². The normalized spacial score (nSPS) is 13.0. The Morgan fingerprint density at radius 1 is 1.48 bits per heavy atom. The number of hydrogen-bond acceptors (Lipinski definition) is 4. The molecule has 0 bridgehead atoms. The Balaban J connectivity index is 2.19. The minimum Gasteiger partial charge on any atom is -0.444 e. The van der Waals surface area contributed by atoms with E-state index in [1.165, 1.54) is 5.69 Å². The van der Waals surface area contributed by atoms with E-state index in [0.29, 0.717) is 0 Å². The standard InChI is InChI=1S/C15H28N4O2/c1-6-19-11-17-10-13(19)9-16-8-7-12(2)18-14(20)21-15(3,4)5/h10-12,16H,6-9H2,1-5H3,(H,18,20). The number of imidazole rings is 1. The maximum Gasteiger partial charge on any atom is 0.407 e. The lowest BCUT2D eigenvalue weighted by Crippen LogP contribution is -2.38. The predicted octanol–water partition coefficient (Wildman–Crippen LogP) is 2.30. The van der Waals surface area contributed by atoms with Crippen LogP contribution in [0.4, 0.5) is 4.79 Å². The number of nitrogens with one attached hydrogen (secondary N) is 2. The van der Waals surface area contributed by atoms with Crippen molar-refractivity contribution in [2.24, 2.45) is 0 Å². The molecule has 1 atom stereocenters. The number of alkyl carbamates (subject to hydrolysis) is 1. The van der Waals surface area contributed by atoms with Crippen LogP contribution < -0.4 is 10.6 Å². The summed E-state index contributed by atoms with van der Waals surface area (Å²) in [4.78, 5) is 15.7. The Labute approximate surface area is 127 Å². The molecule has 0 aromatic carbocycles. The van der Waals surface area contributed by atoms with Gasteiger partial charge in [-0.3, -0.25) is 0 Å². The lowest BCUT2D eigenvalue weighted by molar-refractivity contribution is 0.0506. The highest BCUT2D eigenvalue weighted by molar-refractivity contribution is 5.67. The minimum atomic E-state index is -0.458. The minimum absolute atomic E-state index is 0.0726. The zero-order valence-electron chi connectivity index (χ0n) is 13.8. The van der Waals surface area contributed by atoms with Crippen molar-refractivity contribution in [1.29, 1.82) is 0 Å². The molecule has 1 aromatic heterocycles. The van der Waals surface area contributed by atoms with Gasteiger partial charge in [0.05, 0.1) is 12.0 Å². The molecule has 6 nitrogen and oxygen atoms in total. The molecule has 0 aliphatic rings. The number of carbonyl (C=O) groups is 1. The summed E-state index contributed by atoms with van der Waals surface area (Å²) in [5, 5.41) is 6.20. The van der Waals surface area contributed by atoms with E-state index in [1.807, 2.05) is 40.2 Å². The van der Waals surface area contributed by atoms with Crippen LogP contribution in [-0.2, 0) is 17.8 Å². The third-order valence-corrected chi connectivity index (χ3v) is 2.96. The molecule has 0 saturated heterocycles. The number of amides is 1. The lowest BCUT2D eigenvalue weighted by atomic mass is 10.2. The molecule has 21 heavy (non-hydrogen) atoms. The molecule has 120 valence electrons. The third kappa shape index (κ3) is 7.13. The third-order valence-electron chi connectivity index (χ3n) is 2.96. The van der Waals surface area contributed by atoms with Crippen molar-refractivity contribution in [1.82, 2.24) is 20.2 Å². The Morgan fingerprint density at radius 3 is 2.81 bits per heavy atom. The van der Waals surface area contributed by atoms with Gasteiger partial charge in [-0.05, 0) is 47.6 Å². The quantitative estimate of drug-likeness (QED) is 0.758. The number of aromatic nitrogens is 2. The number of ether oxygens (including phenoxy) is 1. The van der Waals surface area contributed by atoms with Crippen molar-refractivity contribution < 1.29 is 9.53 Å². The number of hydrogen-bond donors (Lipinski definition) is 2. The molecule has 0 aliphatic heterocycles. The summed E-state index contributed by atoms with van der Waals surface area (Å²) in [6.07, 6.45) is 4.20. The lowest BCUT2D eigenvalue weighted by Gasteiger charge is -2.22. The van der Waals surface area contributed by atoms with Gasteiger partial charge in [-0.15, -0.1) is 0 Å². The molecule has 0 radical (unpaired) electrons. The molecule has 1 amide bonds. The molecule has 6 heteroatoms. The van der Waals surface area contributed by atoms with Crippen molar-refractivity contribution in [2.45, 2.75) is 65.8 Å². The topological polar surface area (TPSA) is 68.2 Å². The second kappa shape index (κ2) is 8.02. The van der Waals surface area contributed by atoms with Crippen LogP contribution in [0.3, 0.4) is 0 Å². The van der Waals surface area contributed by atoms with Crippen LogP contribution in [-0.4, -0.2) is 33.8 Å². The van der Waals surface area contributed by atoms with Gasteiger partial charge in [0.1, 0.15) is 5.60 Å². The molecule has 0 spiro atoms. The first-order chi connectivity index (χ1) is 9.81. The first-order valence-corrected chi connectivity index (χ1v) is 7.51. The fourth-order valence-electron chi connectivity index (χ4n) is 1.90. The summed E-state index contributed by atoms with van der Waals surface area (Å²) in [5.74, 6) is 0. The molecular weight excluding hydrogens is 268 g/mol. The summed E-state index contributed by atoms with van der Waals surface area (Å²) in [6, 6.07) is 0.0726. The van der Waals surface area contributed by atoms with E-state index in [0.717, 1.165) is 26.1 Å². The van der Waals surface area contributed by atoms with Crippen molar-refractivity contribution in [2.75, 3.05) is 6.54 Å². The highest BCUT2D eigenvalue weighted by atomic mass is 16.6. The molecule has 1 aromatic rings. The van der Waals surface area contributed by atoms with E-state index in [9.17, 15) is 4.79 Å². The van der Waals surface area contributed by atoms with Gasteiger partial charge in [-0.1, -0.05) is 0 Å². The Hall–Kier alpha value is -1.56. The van der Waals surface area contributed by atoms with Crippen LogP contribution in [0.1, 0.15) is 46.7 Å². The van der Waals surface area contributed by atoms with Gasteiger partial charge >= 0.3 is 6.09 Å². The second-order valence-electron chi connectivity index (χ2n) is 6.18. The van der Waals surface area contributed by atoms with Gasteiger partial charge in [0.2, 0.25) is 0 Å². The molecule has 0 aliphatic carbocycles. The molecule has 1 rings (SSSR count). The zero-order chi connectivity index (χ0) is 15.9. The Morgan fingerprint density at radius 2 is 2.19 bits per heavy atom. The highest BCUT2D eigenvalue weighted by Gasteiger charge is 2.17. The van der Waals surface area contributed by atoms with E-state index in [-0.39, 0.29) is 12.1 Å². The summed E-state index contributed by atoms with van der Waals surface area (Å²) in [5.41, 5.74) is 0.714. The second-order valence-corrected chi connectivity index (χ2v) is 6.18. The van der Waals surface area contributed by atoms with E-state index < -0.39 is 5.60 Å². The van der Waals surface area contributed by atoms with Crippen LogP contribution in [0.2, 0.25) is 0 Å². The first kappa shape index (κ1) is 17.5. The average Bonchev–Trinajstić information content (AvgIpc) is 2.79. The zero-order valence-corrected chi connectivity index (χ0v) is 13.8. The van der Waals surface area contributed by atoms with Crippen LogP contribution in [0, 0.1) is 0 Å². The van der Waals surface area contributed by atoms with Crippen LogP contribution in [0.15, 0.2) is 12.5 Å². The summed E-state index contributed by atoms with van der Waals surface area (Å²) in [6.45, 7) is 12.2. The number of aryl methyl sites for hydroxylation is 1. The molecular formula is C15H28N4O2. The van der Waals surface area contributed by atoms with Gasteiger partial charge in [0.25, 0.3) is 0 Å². The molecule has 1 heterocycles. The average molecular weight is 296 g/mol. The molecule has 1 unspecified atom stereocenters. The van der Waals surface area contributed by atoms with E-state index in [1.54, 1.807) is 0 Å². The van der Waals surface area contributed by atoms with Crippen LogP contribution >= 0.6 is 0 Å².